The van der Waals surface area contributed by atoms with Crippen LogP contribution in [-0.4, -0.2) is 11.1 Å². The Morgan fingerprint density at radius 3 is 3.00 bits per heavy atom. The molecule has 0 aliphatic carbocycles. The van der Waals surface area contributed by atoms with Crippen molar-refractivity contribution in [3.05, 3.63) is 24.5 Å². The van der Waals surface area contributed by atoms with Crippen LogP contribution in [0.25, 0.3) is 0 Å². The molecule has 0 saturated heterocycles. The average Bonchev–Trinajstić information content (AvgIpc) is 2.06. The summed E-state index contributed by atoms with van der Waals surface area (Å²) in [5.74, 6) is -0.200. The molecule has 0 aromatic rings. The van der Waals surface area contributed by atoms with Crippen molar-refractivity contribution in [3.8, 4) is 0 Å². The predicted octanol–water partition coefficient (Wildman–Crippen LogP) is 0.241. The minimum Gasteiger partial charge on any atom is -0.466 e. The molecule has 1 heterocycles. The van der Waals surface area contributed by atoms with E-state index in [0.717, 1.165) is 0 Å². The van der Waals surface area contributed by atoms with Crippen LogP contribution in [-0.2, 0) is 14.3 Å². The Labute approximate surface area is 62.9 Å². The first-order chi connectivity index (χ1) is 5.33. The highest BCUT2D eigenvalue weighted by molar-refractivity contribution is 5.76. The van der Waals surface area contributed by atoms with Gasteiger partial charge in [-0.1, -0.05) is 0 Å². The number of amides is 1. The number of carbonyl (C=O) groups is 1. The number of hydroxylamine groups is 1. The van der Waals surface area contributed by atoms with Gasteiger partial charge in [-0.05, 0) is 0 Å². The summed E-state index contributed by atoms with van der Waals surface area (Å²) in [6.07, 6.45) is 3.89. The molecule has 11 heavy (non-hydrogen) atoms. The standard InChI is InChI=1S/C6H7NO4/c8-6(7-9)3-5-4-10-1-2-11-5/h1-2,4,9H,3H2,(H,7,8). The van der Waals surface area contributed by atoms with Gasteiger partial charge in [-0.2, -0.15) is 0 Å². The summed E-state index contributed by atoms with van der Waals surface area (Å²) in [7, 11) is 0. The third-order valence-corrected chi connectivity index (χ3v) is 1.01. The largest absolute Gasteiger partial charge is 0.466 e. The molecule has 0 spiro atoms. The Kier molecular flexibility index (Phi) is 2.51. The van der Waals surface area contributed by atoms with Crippen LogP contribution in [0.3, 0.4) is 0 Å². The first kappa shape index (κ1) is 7.62. The molecule has 0 aromatic heterocycles. The van der Waals surface area contributed by atoms with Crippen LogP contribution in [0.4, 0.5) is 0 Å². The summed E-state index contributed by atoms with van der Waals surface area (Å²) in [6, 6.07) is 0. The fraction of sp³-hybridized carbons (Fsp3) is 0.167. The Hall–Kier alpha value is -1.49. The van der Waals surface area contributed by atoms with Crippen LogP contribution < -0.4 is 5.48 Å². The van der Waals surface area contributed by atoms with Gasteiger partial charge < -0.3 is 9.47 Å². The number of ether oxygens (including phenoxy) is 2. The maximum Gasteiger partial charge on any atom is 0.251 e. The molecule has 0 fully saturated rings. The van der Waals surface area contributed by atoms with Crippen LogP contribution in [0.1, 0.15) is 6.42 Å². The summed E-state index contributed by atoms with van der Waals surface area (Å²) < 4.78 is 9.53. The van der Waals surface area contributed by atoms with E-state index in [9.17, 15) is 4.79 Å². The summed E-state index contributed by atoms with van der Waals surface area (Å²) in [6.45, 7) is 0. The van der Waals surface area contributed by atoms with E-state index in [1.54, 1.807) is 0 Å². The monoisotopic (exact) mass is 157 g/mol. The number of rotatable bonds is 2. The molecule has 1 aliphatic heterocycles. The molecule has 5 heteroatoms. The maximum atomic E-state index is 10.5. The molecule has 0 bridgehead atoms. The van der Waals surface area contributed by atoms with Gasteiger partial charge in [0.25, 0.3) is 5.91 Å². The van der Waals surface area contributed by atoms with Crippen molar-refractivity contribution in [1.29, 1.82) is 0 Å². The molecule has 0 aromatic carbocycles. The van der Waals surface area contributed by atoms with Gasteiger partial charge in [0.05, 0.1) is 6.42 Å². The number of hydrogen-bond acceptors (Lipinski definition) is 4. The third-order valence-electron chi connectivity index (χ3n) is 1.01. The highest BCUT2D eigenvalue weighted by atomic mass is 16.5. The third kappa shape index (κ3) is 2.30. The zero-order valence-corrected chi connectivity index (χ0v) is 5.61. The predicted molar refractivity (Wildman–Crippen MR) is 33.9 cm³/mol. The minimum atomic E-state index is -0.546. The van der Waals surface area contributed by atoms with E-state index in [1.165, 1.54) is 24.3 Å². The zero-order valence-electron chi connectivity index (χ0n) is 5.61. The summed E-state index contributed by atoms with van der Waals surface area (Å²) >= 11 is 0. The molecule has 60 valence electrons. The lowest BCUT2D eigenvalue weighted by atomic mass is 10.3. The van der Waals surface area contributed by atoms with Crippen molar-refractivity contribution in [2.24, 2.45) is 0 Å². The Morgan fingerprint density at radius 2 is 2.45 bits per heavy atom. The summed E-state index contributed by atoms with van der Waals surface area (Å²) in [5, 5.41) is 8.12. The highest BCUT2D eigenvalue weighted by Gasteiger charge is 2.07. The summed E-state index contributed by atoms with van der Waals surface area (Å²) in [4.78, 5) is 10.5. The van der Waals surface area contributed by atoms with Crippen LogP contribution in [0.2, 0.25) is 0 Å². The van der Waals surface area contributed by atoms with Crippen LogP contribution in [0, 0.1) is 0 Å². The van der Waals surface area contributed by atoms with E-state index in [4.69, 9.17) is 14.7 Å². The van der Waals surface area contributed by atoms with Gasteiger partial charge in [0.2, 0.25) is 0 Å². The zero-order chi connectivity index (χ0) is 8.10. The van der Waals surface area contributed by atoms with E-state index in [1.807, 2.05) is 0 Å². The SMILES string of the molecule is O=C(CC1=COC=CO1)NO. The number of nitrogens with one attached hydrogen (secondary N) is 1. The molecule has 5 nitrogen and oxygen atoms in total. The molecule has 2 N–H and O–H groups in total. The topological polar surface area (TPSA) is 67.8 Å². The van der Waals surface area contributed by atoms with Gasteiger partial charge in [-0.15, -0.1) is 0 Å². The van der Waals surface area contributed by atoms with E-state index in [2.05, 4.69) is 0 Å². The second kappa shape index (κ2) is 3.62. The van der Waals surface area contributed by atoms with Crippen molar-refractivity contribution in [2.75, 3.05) is 0 Å². The molecule has 1 rings (SSSR count). The summed E-state index contributed by atoms with van der Waals surface area (Å²) in [5.41, 5.74) is 1.47. The molecule has 0 radical (unpaired) electrons. The molecule has 0 saturated carbocycles. The first-order valence-electron chi connectivity index (χ1n) is 2.92. The van der Waals surface area contributed by atoms with Gasteiger partial charge in [0.1, 0.15) is 24.5 Å². The number of hydrogen-bond donors (Lipinski definition) is 2. The van der Waals surface area contributed by atoms with Crippen molar-refractivity contribution >= 4 is 5.91 Å². The molecular weight excluding hydrogens is 150 g/mol. The highest BCUT2D eigenvalue weighted by Crippen LogP contribution is 2.08. The van der Waals surface area contributed by atoms with Crippen molar-refractivity contribution < 1.29 is 19.5 Å². The second-order valence-corrected chi connectivity index (χ2v) is 1.82. The van der Waals surface area contributed by atoms with Gasteiger partial charge in [-0.25, -0.2) is 5.48 Å². The van der Waals surface area contributed by atoms with Gasteiger partial charge in [0.15, 0.2) is 0 Å². The Balaban J connectivity index is 2.37. The van der Waals surface area contributed by atoms with Crippen LogP contribution in [0.15, 0.2) is 24.5 Å². The molecule has 0 atom stereocenters. The van der Waals surface area contributed by atoms with E-state index >= 15 is 0 Å². The lowest BCUT2D eigenvalue weighted by Crippen LogP contribution is -2.19. The Morgan fingerprint density at radius 1 is 1.64 bits per heavy atom. The number of carbonyl (C=O) groups excluding carboxylic acids is 1. The second-order valence-electron chi connectivity index (χ2n) is 1.82. The normalized spacial score (nSPS) is 14.5. The van der Waals surface area contributed by atoms with Gasteiger partial charge in [0, 0.05) is 0 Å². The first-order valence-corrected chi connectivity index (χ1v) is 2.92. The minimum absolute atomic E-state index is 0.0408. The van der Waals surface area contributed by atoms with E-state index < -0.39 is 5.91 Å². The maximum absolute atomic E-state index is 10.5. The van der Waals surface area contributed by atoms with Gasteiger partial charge >= 0.3 is 0 Å². The smallest absolute Gasteiger partial charge is 0.251 e. The van der Waals surface area contributed by atoms with Gasteiger partial charge in [-0.3, -0.25) is 10.0 Å². The Bertz CT molecular complexity index is 209. The van der Waals surface area contributed by atoms with E-state index in [0.29, 0.717) is 5.76 Å². The molecule has 0 unspecified atom stereocenters. The van der Waals surface area contributed by atoms with Crippen LogP contribution >= 0.6 is 0 Å². The van der Waals surface area contributed by atoms with Crippen molar-refractivity contribution in [2.45, 2.75) is 6.42 Å². The fourth-order valence-electron chi connectivity index (χ4n) is 0.571. The van der Waals surface area contributed by atoms with Crippen molar-refractivity contribution in [1.82, 2.24) is 5.48 Å². The van der Waals surface area contributed by atoms with Crippen LogP contribution in [0.5, 0.6) is 0 Å². The van der Waals surface area contributed by atoms with E-state index in [-0.39, 0.29) is 6.42 Å². The molecular formula is C6H7NO4. The quantitative estimate of drug-likeness (QED) is 0.445. The average molecular weight is 157 g/mol. The fourth-order valence-corrected chi connectivity index (χ4v) is 0.571. The molecule has 1 aliphatic rings. The van der Waals surface area contributed by atoms with Crippen molar-refractivity contribution in [3.63, 3.8) is 0 Å². The lowest BCUT2D eigenvalue weighted by Gasteiger charge is -2.07. The lowest BCUT2D eigenvalue weighted by molar-refractivity contribution is -0.129. The molecule has 1 amide bonds.